The largest absolute Gasteiger partial charge is 0.327 e. The van der Waals surface area contributed by atoms with Gasteiger partial charge in [-0.25, -0.2) is 8.42 Å². The van der Waals surface area contributed by atoms with Crippen LogP contribution in [0.15, 0.2) is 0 Å². The summed E-state index contributed by atoms with van der Waals surface area (Å²) in [4.78, 5) is 2.25. The first-order valence-electron chi connectivity index (χ1n) is 5.41. The van der Waals surface area contributed by atoms with Crippen LogP contribution >= 0.6 is 0 Å². The second-order valence-corrected chi connectivity index (χ2v) is 6.10. The van der Waals surface area contributed by atoms with Crippen molar-refractivity contribution in [2.75, 3.05) is 38.5 Å². The molecular weight excluding hydrogens is 214 g/mol. The topological polar surface area (TPSA) is 66.6 Å². The maximum atomic E-state index is 11.8. The number of hydrogen-bond acceptors (Lipinski definition) is 4. The lowest BCUT2D eigenvalue weighted by atomic mass is 10.4. The van der Waals surface area contributed by atoms with E-state index in [1.807, 2.05) is 0 Å². The van der Waals surface area contributed by atoms with Gasteiger partial charge in [0.05, 0.1) is 5.75 Å². The second-order valence-electron chi connectivity index (χ2n) is 4.09. The maximum absolute atomic E-state index is 11.8. The average Bonchev–Trinajstić information content (AvgIpc) is 2.16. The summed E-state index contributed by atoms with van der Waals surface area (Å²) in [6.45, 7) is 7.66. The Labute approximate surface area is 92.3 Å². The molecule has 6 heteroatoms. The minimum Gasteiger partial charge on any atom is -0.327 e. The fourth-order valence-corrected chi connectivity index (χ4v) is 3.36. The van der Waals surface area contributed by atoms with Gasteiger partial charge >= 0.3 is 0 Å². The van der Waals surface area contributed by atoms with Gasteiger partial charge in [0.15, 0.2) is 0 Å². The fourth-order valence-electron chi connectivity index (χ4n) is 1.76. The Morgan fingerprint density at radius 2 is 1.80 bits per heavy atom. The minimum atomic E-state index is -3.13. The zero-order valence-electron chi connectivity index (χ0n) is 9.52. The van der Waals surface area contributed by atoms with Crippen LogP contribution in [0, 0.1) is 0 Å². The van der Waals surface area contributed by atoms with Crippen molar-refractivity contribution in [1.29, 1.82) is 0 Å². The summed E-state index contributed by atoms with van der Waals surface area (Å²) in [6.07, 6.45) is 0. The first-order chi connectivity index (χ1) is 6.95. The molecule has 90 valence electrons. The summed E-state index contributed by atoms with van der Waals surface area (Å²) in [5.74, 6) is 0.0547. The van der Waals surface area contributed by atoms with Gasteiger partial charge < -0.3 is 10.6 Å². The lowest BCUT2D eigenvalue weighted by Gasteiger charge is -2.33. The molecule has 2 N–H and O–H groups in total. The molecule has 0 bridgehead atoms. The van der Waals surface area contributed by atoms with E-state index in [1.54, 1.807) is 11.2 Å². The summed E-state index contributed by atoms with van der Waals surface area (Å²) in [5.41, 5.74) is 5.52. The molecule has 15 heavy (non-hydrogen) atoms. The average molecular weight is 235 g/mol. The SMILES string of the molecule is CCN1CCN(S(=O)(=O)CC(C)N)CC1. The van der Waals surface area contributed by atoms with E-state index in [2.05, 4.69) is 11.8 Å². The zero-order valence-corrected chi connectivity index (χ0v) is 10.3. The van der Waals surface area contributed by atoms with Crippen LogP contribution in [0.4, 0.5) is 0 Å². The number of piperazine rings is 1. The molecule has 0 aliphatic carbocycles. The van der Waals surface area contributed by atoms with Crippen LogP contribution in [0.5, 0.6) is 0 Å². The number of rotatable bonds is 4. The van der Waals surface area contributed by atoms with E-state index in [0.717, 1.165) is 19.6 Å². The van der Waals surface area contributed by atoms with E-state index in [-0.39, 0.29) is 11.8 Å². The molecule has 1 fully saturated rings. The quantitative estimate of drug-likeness (QED) is 0.700. The predicted octanol–water partition coefficient (Wildman–Crippen LogP) is -0.699. The van der Waals surface area contributed by atoms with E-state index in [9.17, 15) is 8.42 Å². The number of nitrogens with zero attached hydrogens (tertiary/aromatic N) is 2. The Morgan fingerprint density at radius 1 is 1.27 bits per heavy atom. The van der Waals surface area contributed by atoms with Gasteiger partial charge in [-0.1, -0.05) is 6.92 Å². The zero-order chi connectivity index (χ0) is 11.5. The molecule has 0 aromatic carbocycles. The van der Waals surface area contributed by atoms with Crippen molar-refractivity contribution in [3.63, 3.8) is 0 Å². The van der Waals surface area contributed by atoms with E-state index in [4.69, 9.17) is 5.73 Å². The van der Waals surface area contributed by atoms with Crippen LogP contribution in [0.3, 0.4) is 0 Å². The Hall–Kier alpha value is -0.170. The maximum Gasteiger partial charge on any atom is 0.215 e. The highest BCUT2D eigenvalue weighted by molar-refractivity contribution is 7.89. The van der Waals surface area contributed by atoms with Gasteiger partial charge in [-0.05, 0) is 13.5 Å². The smallest absolute Gasteiger partial charge is 0.215 e. The summed E-state index contributed by atoms with van der Waals surface area (Å²) >= 11 is 0. The first kappa shape index (κ1) is 12.9. The van der Waals surface area contributed by atoms with Crippen molar-refractivity contribution in [2.45, 2.75) is 19.9 Å². The number of sulfonamides is 1. The Morgan fingerprint density at radius 3 is 2.20 bits per heavy atom. The van der Waals surface area contributed by atoms with Crippen molar-refractivity contribution in [2.24, 2.45) is 5.73 Å². The molecule has 1 aliphatic rings. The van der Waals surface area contributed by atoms with Gasteiger partial charge in [0.25, 0.3) is 0 Å². The number of likely N-dealkylation sites (N-methyl/N-ethyl adjacent to an activating group) is 1. The van der Waals surface area contributed by atoms with Gasteiger partial charge in [0, 0.05) is 32.2 Å². The monoisotopic (exact) mass is 235 g/mol. The molecule has 0 aromatic heterocycles. The van der Waals surface area contributed by atoms with Crippen molar-refractivity contribution in [3.05, 3.63) is 0 Å². The van der Waals surface area contributed by atoms with E-state index in [1.165, 1.54) is 0 Å². The molecule has 0 radical (unpaired) electrons. The molecular formula is C9H21N3O2S. The molecule has 1 atom stereocenters. The van der Waals surface area contributed by atoms with Crippen molar-refractivity contribution in [1.82, 2.24) is 9.21 Å². The van der Waals surface area contributed by atoms with Crippen molar-refractivity contribution >= 4 is 10.0 Å². The summed E-state index contributed by atoms with van der Waals surface area (Å²) in [6, 6.07) is -0.292. The van der Waals surface area contributed by atoms with Gasteiger partial charge in [0.2, 0.25) is 10.0 Å². The van der Waals surface area contributed by atoms with E-state index >= 15 is 0 Å². The Bertz CT molecular complexity index is 282. The summed E-state index contributed by atoms with van der Waals surface area (Å²) in [5, 5.41) is 0. The van der Waals surface area contributed by atoms with Gasteiger partial charge in [-0.2, -0.15) is 4.31 Å². The summed E-state index contributed by atoms with van der Waals surface area (Å²) in [7, 11) is -3.13. The van der Waals surface area contributed by atoms with Crippen LogP contribution in [-0.2, 0) is 10.0 Å². The predicted molar refractivity (Wildman–Crippen MR) is 61.1 cm³/mol. The highest BCUT2D eigenvalue weighted by atomic mass is 32.2. The molecule has 1 saturated heterocycles. The molecule has 1 aliphatic heterocycles. The first-order valence-corrected chi connectivity index (χ1v) is 7.02. The Balaban J connectivity index is 2.52. The third kappa shape index (κ3) is 3.71. The lowest BCUT2D eigenvalue weighted by Crippen LogP contribution is -2.50. The highest BCUT2D eigenvalue weighted by Crippen LogP contribution is 2.08. The van der Waals surface area contributed by atoms with E-state index in [0.29, 0.717) is 13.1 Å². The minimum absolute atomic E-state index is 0.0547. The Kier molecular flexibility index (Phi) is 4.51. The molecule has 0 saturated carbocycles. The summed E-state index contributed by atoms with van der Waals surface area (Å²) < 4.78 is 25.2. The molecule has 0 aromatic rings. The normalized spacial score (nSPS) is 22.9. The molecule has 0 spiro atoms. The van der Waals surface area contributed by atoms with Crippen LogP contribution in [-0.4, -0.2) is 62.1 Å². The second kappa shape index (κ2) is 5.25. The molecule has 1 rings (SSSR count). The van der Waals surface area contributed by atoms with Crippen molar-refractivity contribution in [3.8, 4) is 0 Å². The van der Waals surface area contributed by atoms with Crippen LogP contribution in [0.2, 0.25) is 0 Å². The van der Waals surface area contributed by atoms with Crippen LogP contribution in [0.1, 0.15) is 13.8 Å². The third-order valence-corrected chi connectivity index (χ3v) is 4.74. The van der Waals surface area contributed by atoms with Crippen molar-refractivity contribution < 1.29 is 8.42 Å². The molecule has 0 amide bonds. The highest BCUT2D eigenvalue weighted by Gasteiger charge is 2.26. The number of nitrogens with two attached hydrogens (primary N) is 1. The molecule has 1 heterocycles. The standard InChI is InChI=1S/C9H21N3O2S/c1-3-11-4-6-12(7-5-11)15(13,14)8-9(2)10/h9H,3-8,10H2,1-2H3. The van der Waals surface area contributed by atoms with Crippen LogP contribution in [0.25, 0.3) is 0 Å². The van der Waals surface area contributed by atoms with Gasteiger partial charge in [0.1, 0.15) is 0 Å². The third-order valence-electron chi connectivity index (χ3n) is 2.65. The van der Waals surface area contributed by atoms with Gasteiger partial charge in [-0.15, -0.1) is 0 Å². The molecule has 1 unspecified atom stereocenters. The number of hydrogen-bond donors (Lipinski definition) is 1. The van der Waals surface area contributed by atoms with Crippen LogP contribution < -0.4 is 5.73 Å². The lowest BCUT2D eigenvalue weighted by molar-refractivity contribution is 0.196. The fraction of sp³-hybridized carbons (Fsp3) is 1.00. The molecule has 5 nitrogen and oxygen atoms in total. The van der Waals surface area contributed by atoms with E-state index < -0.39 is 10.0 Å². The van der Waals surface area contributed by atoms with Gasteiger partial charge in [-0.3, -0.25) is 0 Å².